The maximum absolute atomic E-state index is 12.5. The fourth-order valence-corrected chi connectivity index (χ4v) is 4.08. The molecule has 1 heterocycles. The van der Waals surface area contributed by atoms with E-state index in [9.17, 15) is 13.2 Å². The van der Waals surface area contributed by atoms with E-state index in [4.69, 9.17) is 0 Å². The molecule has 0 spiro atoms. The number of benzene rings is 2. The van der Waals surface area contributed by atoms with Crippen molar-refractivity contribution in [2.24, 2.45) is 0 Å². The number of carbonyl (C=O) groups excluding carboxylic acids is 1. The van der Waals surface area contributed by atoms with Crippen LogP contribution in [0.25, 0.3) is 0 Å². The summed E-state index contributed by atoms with van der Waals surface area (Å²) in [6, 6.07) is 15.6. The zero-order valence-electron chi connectivity index (χ0n) is 14.8. The Bertz CT molecular complexity index is 843. The van der Waals surface area contributed by atoms with Gasteiger partial charge in [-0.1, -0.05) is 30.3 Å². The summed E-state index contributed by atoms with van der Waals surface area (Å²) in [5.74, 6) is -0.104. The quantitative estimate of drug-likeness (QED) is 0.871. The third-order valence-electron chi connectivity index (χ3n) is 4.40. The van der Waals surface area contributed by atoms with Crippen LogP contribution in [-0.2, 0) is 15.8 Å². The molecule has 1 N–H and O–H groups in total. The van der Waals surface area contributed by atoms with Crippen LogP contribution in [0, 0.1) is 0 Å². The first kappa shape index (κ1) is 18.4. The summed E-state index contributed by atoms with van der Waals surface area (Å²) in [6.45, 7) is 3.15. The first-order valence-corrected chi connectivity index (χ1v) is 10.2. The average Bonchev–Trinajstić information content (AvgIpc) is 2.62. The van der Waals surface area contributed by atoms with E-state index in [1.54, 1.807) is 36.4 Å². The molecule has 1 aliphatic heterocycles. The van der Waals surface area contributed by atoms with Gasteiger partial charge in [0.15, 0.2) is 0 Å². The van der Waals surface area contributed by atoms with Crippen LogP contribution in [0.15, 0.2) is 54.6 Å². The van der Waals surface area contributed by atoms with Crippen molar-refractivity contribution in [3.05, 3.63) is 65.7 Å². The molecule has 1 amide bonds. The summed E-state index contributed by atoms with van der Waals surface area (Å²) in [7, 11) is -1.46. The van der Waals surface area contributed by atoms with Crippen molar-refractivity contribution in [1.29, 1.82) is 0 Å². The number of hydrogen-bond donors (Lipinski definition) is 1. The summed E-state index contributed by atoms with van der Waals surface area (Å²) in [4.78, 5) is 16.5. The molecule has 0 saturated carbocycles. The number of nitrogens with zero attached hydrogens (tertiary/aromatic N) is 2. The molecular formula is C19H23N3O3S. The van der Waals surface area contributed by atoms with Gasteiger partial charge in [-0.15, -0.1) is 0 Å². The summed E-state index contributed by atoms with van der Waals surface area (Å²) in [5, 5.41) is 0. The van der Waals surface area contributed by atoms with E-state index in [1.165, 1.54) is 0 Å². The Hall–Kier alpha value is -2.38. The van der Waals surface area contributed by atoms with Crippen LogP contribution < -0.4 is 4.72 Å². The molecule has 3 rings (SSSR count). The molecule has 0 aromatic heterocycles. The van der Waals surface area contributed by atoms with Crippen molar-refractivity contribution in [3.63, 3.8) is 0 Å². The second-order valence-electron chi connectivity index (χ2n) is 6.52. The third kappa shape index (κ3) is 4.83. The smallest absolute Gasteiger partial charge is 0.253 e. The first-order chi connectivity index (χ1) is 12.4. The number of hydrogen-bond acceptors (Lipinski definition) is 4. The van der Waals surface area contributed by atoms with E-state index in [0.29, 0.717) is 24.3 Å². The number of carbonyl (C=O) groups is 1. The van der Waals surface area contributed by atoms with Crippen molar-refractivity contribution in [3.8, 4) is 0 Å². The highest BCUT2D eigenvalue weighted by Crippen LogP contribution is 2.16. The van der Waals surface area contributed by atoms with Gasteiger partial charge in [-0.05, 0) is 36.9 Å². The van der Waals surface area contributed by atoms with E-state index in [1.807, 2.05) is 30.1 Å². The van der Waals surface area contributed by atoms with E-state index >= 15 is 0 Å². The minimum atomic E-state index is -3.50. The maximum atomic E-state index is 12.5. The molecule has 0 aliphatic carbocycles. The summed E-state index contributed by atoms with van der Waals surface area (Å²) in [5.41, 5.74) is 1.75. The Kier molecular flexibility index (Phi) is 5.58. The third-order valence-corrected chi connectivity index (χ3v) is 5.66. The normalized spacial score (nSPS) is 15.7. The second-order valence-corrected chi connectivity index (χ2v) is 8.24. The number of sulfonamides is 1. The van der Waals surface area contributed by atoms with Gasteiger partial charge in [-0.3, -0.25) is 9.52 Å². The van der Waals surface area contributed by atoms with E-state index in [2.05, 4.69) is 9.62 Å². The Labute approximate surface area is 154 Å². The number of anilines is 1. The van der Waals surface area contributed by atoms with E-state index in [-0.39, 0.29) is 11.7 Å². The van der Waals surface area contributed by atoms with Gasteiger partial charge >= 0.3 is 0 Å². The molecule has 2 aromatic carbocycles. The Morgan fingerprint density at radius 3 is 2.19 bits per heavy atom. The minimum Gasteiger partial charge on any atom is -0.336 e. The largest absolute Gasteiger partial charge is 0.336 e. The van der Waals surface area contributed by atoms with E-state index < -0.39 is 10.0 Å². The van der Waals surface area contributed by atoms with Gasteiger partial charge in [0.2, 0.25) is 10.0 Å². The summed E-state index contributed by atoms with van der Waals surface area (Å²) >= 11 is 0. The van der Waals surface area contributed by atoms with Gasteiger partial charge in [0, 0.05) is 37.4 Å². The van der Waals surface area contributed by atoms with Crippen LogP contribution in [0.1, 0.15) is 15.9 Å². The molecule has 7 heteroatoms. The van der Waals surface area contributed by atoms with Crippen LogP contribution in [-0.4, -0.2) is 57.4 Å². The molecule has 6 nitrogen and oxygen atoms in total. The van der Waals surface area contributed by atoms with Crippen molar-refractivity contribution in [2.75, 3.05) is 37.9 Å². The van der Waals surface area contributed by atoms with Crippen LogP contribution in [0.5, 0.6) is 0 Å². The van der Waals surface area contributed by atoms with Gasteiger partial charge in [0.25, 0.3) is 5.91 Å². The second kappa shape index (κ2) is 7.88. The highest BCUT2D eigenvalue weighted by atomic mass is 32.2. The Morgan fingerprint density at radius 1 is 0.962 bits per heavy atom. The molecule has 1 aliphatic rings. The fraction of sp³-hybridized carbons (Fsp3) is 0.316. The van der Waals surface area contributed by atoms with Crippen LogP contribution in [0.3, 0.4) is 0 Å². The molecule has 26 heavy (non-hydrogen) atoms. The Balaban J connectivity index is 1.63. The molecule has 0 unspecified atom stereocenters. The highest BCUT2D eigenvalue weighted by molar-refractivity contribution is 7.91. The molecule has 0 bridgehead atoms. The lowest BCUT2D eigenvalue weighted by Crippen LogP contribution is -2.47. The predicted octanol–water partition coefficient (Wildman–Crippen LogP) is 2.02. The number of nitrogens with one attached hydrogen (secondary N) is 1. The number of piperazine rings is 1. The molecule has 0 atom stereocenters. The number of amides is 1. The number of likely N-dealkylation sites (N-methyl/N-ethyl adjacent to an activating group) is 1. The summed E-state index contributed by atoms with van der Waals surface area (Å²) in [6.07, 6.45) is 0. The predicted molar refractivity (Wildman–Crippen MR) is 103 cm³/mol. The zero-order valence-corrected chi connectivity index (χ0v) is 15.6. The van der Waals surface area contributed by atoms with Gasteiger partial charge in [-0.2, -0.15) is 0 Å². The monoisotopic (exact) mass is 373 g/mol. The van der Waals surface area contributed by atoms with Gasteiger partial charge < -0.3 is 9.80 Å². The lowest BCUT2D eigenvalue weighted by Gasteiger charge is -2.32. The summed E-state index contributed by atoms with van der Waals surface area (Å²) < 4.78 is 27.1. The molecule has 0 radical (unpaired) electrons. The van der Waals surface area contributed by atoms with Gasteiger partial charge in [-0.25, -0.2) is 8.42 Å². The maximum Gasteiger partial charge on any atom is 0.253 e. The van der Waals surface area contributed by atoms with Crippen molar-refractivity contribution in [2.45, 2.75) is 5.75 Å². The van der Waals surface area contributed by atoms with Gasteiger partial charge in [0.05, 0.1) is 5.75 Å². The first-order valence-electron chi connectivity index (χ1n) is 8.55. The highest BCUT2D eigenvalue weighted by Gasteiger charge is 2.20. The zero-order chi connectivity index (χ0) is 18.6. The van der Waals surface area contributed by atoms with E-state index in [0.717, 1.165) is 18.7 Å². The fourth-order valence-electron chi connectivity index (χ4n) is 2.88. The SMILES string of the molecule is CN1CCN(C(=O)c2ccc(NS(=O)(=O)Cc3ccccc3)cc2)CC1. The van der Waals surface area contributed by atoms with Crippen LogP contribution >= 0.6 is 0 Å². The number of rotatable bonds is 5. The molecule has 1 fully saturated rings. The molecular weight excluding hydrogens is 350 g/mol. The lowest BCUT2D eigenvalue weighted by atomic mass is 10.1. The van der Waals surface area contributed by atoms with Crippen LogP contribution in [0.2, 0.25) is 0 Å². The average molecular weight is 373 g/mol. The lowest BCUT2D eigenvalue weighted by molar-refractivity contribution is 0.0664. The minimum absolute atomic E-state index is 0.0169. The Morgan fingerprint density at radius 2 is 1.58 bits per heavy atom. The van der Waals surface area contributed by atoms with Crippen LogP contribution in [0.4, 0.5) is 5.69 Å². The molecule has 138 valence electrons. The molecule has 2 aromatic rings. The topological polar surface area (TPSA) is 69.7 Å². The van der Waals surface area contributed by atoms with Crippen molar-refractivity contribution in [1.82, 2.24) is 9.80 Å². The van der Waals surface area contributed by atoms with Gasteiger partial charge in [0.1, 0.15) is 0 Å². The van der Waals surface area contributed by atoms with Crippen molar-refractivity contribution >= 4 is 21.6 Å². The standard InChI is InChI=1S/C19H23N3O3S/c1-21-11-13-22(14-12-21)19(23)17-7-9-18(10-8-17)20-26(24,25)15-16-5-3-2-4-6-16/h2-10,20H,11-15H2,1H3. The molecule has 1 saturated heterocycles. The van der Waals surface area contributed by atoms with Crippen molar-refractivity contribution < 1.29 is 13.2 Å².